The van der Waals surface area contributed by atoms with Crippen molar-refractivity contribution in [2.75, 3.05) is 18.6 Å². The number of anilines is 1. The molecule has 1 fully saturated rings. The molecule has 4 heteroatoms. The highest BCUT2D eigenvalue weighted by Crippen LogP contribution is 2.39. The summed E-state index contributed by atoms with van der Waals surface area (Å²) in [6.07, 6.45) is 4.71. The Hall–Kier alpha value is -2.23. The van der Waals surface area contributed by atoms with Gasteiger partial charge in [-0.1, -0.05) is 24.3 Å². The first-order valence-corrected chi connectivity index (χ1v) is 6.53. The van der Waals surface area contributed by atoms with E-state index in [0.717, 1.165) is 6.42 Å². The van der Waals surface area contributed by atoms with E-state index < -0.39 is 5.54 Å². The van der Waals surface area contributed by atoms with Crippen LogP contribution in [0.3, 0.4) is 0 Å². The number of hydrogen-bond donors (Lipinski definition) is 0. The molecule has 1 aromatic carbocycles. The summed E-state index contributed by atoms with van der Waals surface area (Å²) >= 11 is 0. The van der Waals surface area contributed by atoms with E-state index in [0.29, 0.717) is 24.5 Å². The topological polar surface area (TPSA) is 38.8 Å². The van der Waals surface area contributed by atoms with E-state index in [2.05, 4.69) is 13.2 Å². The molecule has 106 valence electrons. The van der Waals surface area contributed by atoms with E-state index in [1.807, 2.05) is 30.3 Å². The van der Waals surface area contributed by atoms with Crippen LogP contribution in [0.25, 0.3) is 0 Å². The second-order valence-electron chi connectivity index (χ2n) is 4.70. The van der Waals surface area contributed by atoms with Crippen LogP contribution in [0.2, 0.25) is 0 Å². The highest BCUT2D eigenvalue weighted by Gasteiger charge is 2.46. The number of carbonyl (C=O) groups excluding carboxylic acids is 1. The highest BCUT2D eigenvalue weighted by molar-refractivity contribution is 5.94. The zero-order valence-corrected chi connectivity index (χ0v) is 11.7. The fourth-order valence-corrected chi connectivity index (χ4v) is 2.44. The summed E-state index contributed by atoms with van der Waals surface area (Å²) in [5.41, 5.74) is 0.140. The molecule has 20 heavy (non-hydrogen) atoms. The van der Waals surface area contributed by atoms with Crippen molar-refractivity contribution in [3.05, 3.63) is 49.6 Å². The Bertz CT molecular complexity index is 526. The number of allylic oxidation sites excluding steroid dienone is 1. The third-order valence-electron chi connectivity index (χ3n) is 3.56. The molecular weight excluding hydrogens is 254 g/mol. The lowest BCUT2D eigenvalue weighted by molar-refractivity contribution is 0.175. The SMILES string of the molecule is C=CCC[C@]1(C=C)COC(=O)N1c1ccccc1OC. The maximum absolute atomic E-state index is 12.2. The fourth-order valence-electron chi connectivity index (χ4n) is 2.44. The molecule has 1 atom stereocenters. The largest absolute Gasteiger partial charge is 0.495 e. The summed E-state index contributed by atoms with van der Waals surface area (Å²) in [6.45, 7) is 7.91. The molecule has 2 rings (SSSR count). The summed E-state index contributed by atoms with van der Waals surface area (Å²) in [5, 5.41) is 0. The van der Waals surface area contributed by atoms with Crippen LogP contribution in [0.5, 0.6) is 5.75 Å². The lowest BCUT2D eigenvalue weighted by atomic mass is 9.92. The van der Waals surface area contributed by atoms with Crippen LogP contribution < -0.4 is 9.64 Å². The lowest BCUT2D eigenvalue weighted by Crippen LogP contribution is -2.45. The van der Waals surface area contributed by atoms with Crippen molar-refractivity contribution in [2.45, 2.75) is 18.4 Å². The van der Waals surface area contributed by atoms with Crippen LogP contribution in [0.1, 0.15) is 12.8 Å². The minimum Gasteiger partial charge on any atom is -0.495 e. The molecule has 0 aromatic heterocycles. The van der Waals surface area contributed by atoms with Gasteiger partial charge >= 0.3 is 6.09 Å². The molecule has 1 amide bonds. The molecule has 4 nitrogen and oxygen atoms in total. The highest BCUT2D eigenvalue weighted by atomic mass is 16.6. The number of amides is 1. The van der Waals surface area contributed by atoms with Crippen LogP contribution >= 0.6 is 0 Å². The predicted octanol–water partition coefficient (Wildman–Crippen LogP) is 3.54. The number of para-hydroxylation sites is 2. The first-order chi connectivity index (χ1) is 9.68. The predicted molar refractivity (Wildman–Crippen MR) is 79.2 cm³/mol. The number of rotatable bonds is 6. The number of hydrogen-bond acceptors (Lipinski definition) is 3. The zero-order chi connectivity index (χ0) is 14.6. The third-order valence-corrected chi connectivity index (χ3v) is 3.56. The van der Waals surface area contributed by atoms with Gasteiger partial charge in [-0.2, -0.15) is 0 Å². The van der Waals surface area contributed by atoms with Gasteiger partial charge in [0.15, 0.2) is 0 Å². The van der Waals surface area contributed by atoms with E-state index in [-0.39, 0.29) is 6.09 Å². The number of carbonyl (C=O) groups is 1. The number of benzene rings is 1. The minimum absolute atomic E-state index is 0.293. The van der Waals surface area contributed by atoms with Crippen molar-refractivity contribution >= 4 is 11.8 Å². The van der Waals surface area contributed by atoms with Gasteiger partial charge in [0.2, 0.25) is 0 Å². The van der Waals surface area contributed by atoms with E-state index in [9.17, 15) is 4.79 Å². The van der Waals surface area contributed by atoms with E-state index in [1.165, 1.54) is 0 Å². The smallest absolute Gasteiger partial charge is 0.415 e. The van der Waals surface area contributed by atoms with Gasteiger partial charge in [-0.3, -0.25) is 4.90 Å². The molecule has 1 aliphatic rings. The monoisotopic (exact) mass is 273 g/mol. The van der Waals surface area contributed by atoms with Crippen LogP contribution in [0.15, 0.2) is 49.6 Å². The van der Waals surface area contributed by atoms with Crippen LogP contribution in [-0.4, -0.2) is 25.3 Å². The number of ether oxygens (including phenoxy) is 2. The standard InChI is InChI=1S/C16H19NO3/c1-4-6-11-16(5-2)12-20-15(18)17(16)13-9-7-8-10-14(13)19-3/h4-5,7-10H,1-2,6,11-12H2,3H3/t16-/m1/s1. The van der Waals surface area contributed by atoms with Crippen molar-refractivity contribution in [3.63, 3.8) is 0 Å². The lowest BCUT2D eigenvalue weighted by Gasteiger charge is -2.33. The van der Waals surface area contributed by atoms with Crippen LogP contribution in [-0.2, 0) is 4.74 Å². The van der Waals surface area contributed by atoms with E-state index in [4.69, 9.17) is 9.47 Å². The molecule has 0 unspecified atom stereocenters. The summed E-state index contributed by atoms with van der Waals surface area (Å²) in [4.78, 5) is 13.8. The molecular formula is C16H19NO3. The minimum atomic E-state index is -0.556. The average Bonchev–Trinajstić information content (AvgIpc) is 2.82. The van der Waals surface area contributed by atoms with Gasteiger partial charge in [0.05, 0.1) is 12.8 Å². The fraction of sp³-hybridized carbons (Fsp3) is 0.312. The van der Waals surface area contributed by atoms with Crippen molar-refractivity contribution in [2.24, 2.45) is 0 Å². The molecule has 0 saturated carbocycles. The first kappa shape index (κ1) is 14.2. The second kappa shape index (κ2) is 5.82. The molecule has 0 aliphatic carbocycles. The van der Waals surface area contributed by atoms with Crippen LogP contribution in [0, 0.1) is 0 Å². The Labute approximate surface area is 119 Å². The van der Waals surface area contributed by atoms with Gasteiger partial charge in [-0.25, -0.2) is 4.79 Å². The van der Waals surface area contributed by atoms with Crippen molar-refractivity contribution in [1.29, 1.82) is 0 Å². The maximum Gasteiger partial charge on any atom is 0.415 e. The van der Waals surface area contributed by atoms with Gasteiger partial charge < -0.3 is 9.47 Å². The van der Waals surface area contributed by atoms with Gasteiger partial charge in [0.1, 0.15) is 17.9 Å². The van der Waals surface area contributed by atoms with Crippen molar-refractivity contribution < 1.29 is 14.3 Å². The van der Waals surface area contributed by atoms with Gasteiger partial charge in [-0.05, 0) is 25.0 Å². The Morgan fingerprint density at radius 2 is 2.20 bits per heavy atom. The molecule has 0 N–H and O–H groups in total. The second-order valence-corrected chi connectivity index (χ2v) is 4.70. The summed E-state index contributed by atoms with van der Waals surface area (Å²) in [6, 6.07) is 7.40. The van der Waals surface area contributed by atoms with Crippen molar-refractivity contribution in [3.8, 4) is 5.75 Å². The molecule has 1 saturated heterocycles. The molecule has 0 bridgehead atoms. The maximum atomic E-state index is 12.2. The quantitative estimate of drug-likeness (QED) is 0.744. The summed E-state index contributed by atoms with van der Waals surface area (Å²) < 4.78 is 10.6. The molecule has 0 spiro atoms. The Balaban J connectivity index is 2.46. The number of cyclic esters (lactones) is 1. The Kier molecular flexibility index (Phi) is 4.13. The molecule has 0 radical (unpaired) electrons. The van der Waals surface area contributed by atoms with Gasteiger partial charge in [0, 0.05) is 0 Å². The average molecular weight is 273 g/mol. The van der Waals surface area contributed by atoms with Gasteiger partial charge in [0.25, 0.3) is 0 Å². The van der Waals surface area contributed by atoms with Gasteiger partial charge in [-0.15, -0.1) is 13.2 Å². The van der Waals surface area contributed by atoms with Crippen molar-refractivity contribution in [1.82, 2.24) is 0 Å². The first-order valence-electron chi connectivity index (χ1n) is 6.53. The van der Waals surface area contributed by atoms with E-state index in [1.54, 1.807) is 18.1 Å². The zero-order valence-electron chi connectivity index (χ0n) is 11.7. The van der Waals surface area contributed by atoms with Crippen LogP contribution in [0.4, 0.5) is 10.5 Å². The molecule has 1 heterocycles. The summed E-state index contributed by atoms with van der Waals surface area (Å²) in [7, 11) is 1.58. The van der Waals surface area contributed by atoms with E-state index >= 15 is 0 Å². The third kappa shape index (κ3) is 2.29. The molecule has 1 aliphatic heterocycles. The number of nitrogens with zero attached hydrogens (tertiary/aromatic N) is 1. The Morgan fingerprint density at radius 1 is 1.45 bits per heavy atom. The number of methoxy groups -OCH3 is 1. The normalized spacial score (nSPS) is 21.4. The Morgan fingerprint density at radius 3 is 2.85 bits per heavy atom. The molecule has 1 aromatic rings. The summed E-state index contributed by atoms with van der Waals surface area (Å²) in [5.74, 6) is 0.635.